The van der Waals surface area contributed by atoms with Crippen LogP contribution >= 0.6 is 0 Å². The fourth-order valence-electron chi connectivity index (χ4n) is 2.92. The molecule has 0 bridgehead atoms. The van der Waals surface area contributed by atoms with Crippen molar-refractivity contribution in [1.82, 2.24) is 5.32 Å². The zero-order valence-corrected chi connectivity index (χ0v) is 11.6. The van der Waals surface area contributed by atoms with Crippen molar-refractivity contribution in [2.45, 2.75) is 77.3 Å². The highest BCUT2D eigenvalue weighted by atomic mass is 16.1. The number of hydrogen-bond donors (Lipinski definition) is 2. The highest BCUT2D eigenvalue weighted by Gasteiger charge is 2.30. The molecule has 17 heavy (non-hydrogen) atoms. The summed E-state index contributed by atoms with van der Waals surface area (Å²) in [5.41, 5.74) is 6.01. The van der Waals surface area contributed by atoms with Gasteiger partial charge in [-0.1, -0.05) is 27.2 Å². The van der Waals surface area contributed by atoms with Gasteiger partial charge in [0.25, 0.3) is 0 Å². The fourth-order valence-corrected chi connectivity index (χ4v) is 2.92. The molecule has 0 saturated heterocycles. The molecule has 0 radical (unpaired) electrons. The maximum atomic E-state index is 12.1. The van der Waals surface area contributed by atoms with Crippen molar-refractivity contribution in [2.24, 2.45) is 11.7 Å². The molecule has 0 heterocycles. The van der Waals surface area contributed by atoms with Gasteiger partial charge in [-0.25, -0.2) is 0 Å². The SMILES string of the molecule is CCC(CC)(CC)NC(=O)C[C@@H]1CCC[C@H]1N. The zero-order valence-electron chi connectivity index (χ0n) is 11.6. The Hall–Kier alpha value is -0.570. The maximum Gasteiger partial charge on any atom is 0.220 e. The van der Waals surface area contributed by atoms with Gasteiger partial charge in [-0.05, 0) is 38.0 Å². The van der Waals surface area contributed by atoms with Crippen LogP contribution in [0.1, 0.15) is 65.7 Å². The molecule has 0 aromatic rings. The first-order valence-electron chi connectivity index (χ1n) is 7.13. The Kier molecular flexibility index (Phi) is 5.44. The summed E-state index contributed by atoms with van der Waals surface area (Å²) in [6.07, 6.45) is 7.00. The van der Waals surface area contributed by atoms with E-state index in [0.29, 0.717) is 12.3 Å². The van der Waals surface area contributed by atoms with E-state index < -0.39 is 0 Å². The van der Waals surface area contributed by atoms with Gasteiger partial charge in [0.1, 0.15) is 0 Å². The Morgan fingerprint density at radius 2 is 1.82 bits per heavy atom. The van der Waals surface area contributed by atoms with Gasteiger partial charge in [-0.3, -0.25) is 4.79 Å². The normalized spacial score (nSPS) is 24.9. The zero-order chi connectivity index (χ0) is 12.9. The van der Waals surface area contributed by atoms with E-state index in [4.69, 9.17) is 5.73 Å². The van der Waals surface area contributed by atoms with Crippen LogP contribution in [0.5, 0.6) is 0 Å². The minimum absolute atomic E-state index is 0.000215. The van der Waals surface area contributed by atoms with Gasteiger partial charge in [-0.15, -0.1) is 0 Å². The third kappa shape index (κ3) is 3.70. The number of carbonyl (C=O) groups excluding carboxylic acids is 1. The van der Waals surface area contributed by atoms with Crippen LogP contribution in [0, 0.1) is 5.92 Å². The third-order valence-electron chi connectivity index (χ3n) is 4.60. The Morgan fingerprint density at radius 3 is 2.24 bits per heavy atom. The number of hydrogen-bond acceptors (Lipinski definition) is 2. The molecule has 1 fully saturated rings. The lowest BCUT2D eigenvalue weighted by molar-refractivity contribution is -0.124. The van der Waals surface area contributed by atoms with Crippen molar-refractivity contribution in [2.75, 3.05) is 0 Å². The third-order valence-corrected chi connectivity index (χ3v) is 4.60. The van der Waals surface area contributed by atoms with Gasteiger partial charge in [-0.2, -0.15) is 0 Å². The van der Waals surface area contributed by atoms with Crippen molar-refractivity contribution in [3.8, 4) is 0 Å². The lowest BCUT2D eigenvalue weighted by Gasteiger charge is -2.32. The number of carbonyl (C=O) groups is 1. The van der Waals surface area contributed by atoms with Gasteiger partial charge < -0.3 is 11.1 Å². The Bertz CT molecular complexity index is 240. The summed E-state index contributed by atoms with van der Waals surface area (Å²) in [5, 5.41) is 3.23. The summed E-state index contributed by atoms with van der Waals surface area (Å²) in [7, 11) is 0. The number of rotatable bonds is 6. The molecule has 1 saturated carbocycles. The van der Waals surface area contributed by atoms with Crippen molar-refractivity contribution in [1.29, 1.82) is 0 Å². The quantitative estimate of drug-likeness (QED) is 0.750. The molecule has 100 valence electrons. The molecule has 1 amide bonds. The van der Waals surface area contributed by atoms with Gasteiger partial charge in [0.05, 0.1) is 0 Å². The van der Waals surface area contributed by atoms with E-state index in [-0.39, 0.29) is 17.5 Å². The average molecular weight is 240 g/mol. The van der Waals surface area contributed by atoms with Gasteiger partial charge in [0.15, 0.2) is 0 Å². The summed E-state index contributed by atoms with van der Waals surface area (Å²) >= 11 is 0. The first-order chi connectivity index (χ1) is 8.06. The van der Waals surface area contributed by atoms with Crippen molar-refractivity contribution < 1.29 is 4.79 Å². The molecule has 2 atom stereocenters. The van der Waals surface area contributed by atoms with E-state index in [1.165, 1.54) is 6.42 Å². The molecule has 0 aliphatic heterocycles. The summed E-state index contributed by atoms with van der Waals surface area (Å²) in [6.45, 7) is 6.44. The van der Waals surface area contributed by atoms with Gasteiger partial charge in [0.2, 0.25) is 5.91 Å². The Morgan fingerprint density at radius 1 is 1.24 bits per heavy atom. The van der Waals surface area contributed by atoms with Crippen LogP contribution in [0.4, 0.5) is 0 Å². The van der Waals surface area contributed by atoms with Crippen molar-refractivity contribution in [3.63, 3.8) is 0 Å². The minimum Gasteiger partial charge on any atom is -0.351 e. The second-order valence-corrected chi connectivity index (χ2v) is 5.45. The van der Waals surface area contributed by atoms with E-state index >= 15 is 0 Å². The van der Waals surface area contributed by atoms with Crippen LogP contribution in [-0.4, -0.2) is 17.5 Å². The Balaban J connectivity index is 2.47. The molecular formula is C14H28N2O. The van der Waals surface area contributed by atoms with Crippen LogP contribution in [0.2, 0.25) is 0 Å². The number of nitrogens with one attached hydrogen (secondary N) is 1. The predicted octanol–water partition coefficient (Wildman–Crippen LogP) is 2.59. The molecule has 0 unspecified atom stereocenters. The van der Waals surface area contributed by atoms with Crippen LogP contribution in [-0.2, 0) is 4.79 Å². The molecule has 3 nitrogen and oxygen atoms in total. The first-order valence-corrected chi connectivity index (χ1v) is 7.13. The Labute approximate surface area is 106 Å². The van der Waals surface area contributed by atoms with Crippen LogP contribution in [0.3, 0.4) is 0 Å². The lowest BCUT2D eigenvalue weighted by atomic mass is 9.89. The monoisotopic (exact) mass is 240 g/mol. The van der Waals surface area contributed by atoms with Crippen molar-refractivity contribution in [3.05, 3.63) is 0 Å². The van der Waals surface area contributed by atoms with E-state index in [9.17, 15) is 4.79 Å². The largest absolute Gasteiger partial charge is 0.351 e. The van der Waals surface area contributed by atoms with E-state index in [1.807, 2.05) is 0 Å². The van der Waals surface area contributed by atoms with Gasteiger partial charge in [0, 0.05) is 18.0 Å². The van der Waals surface area contributed by atoms with Crippen molar-refractivity contribution >= 4 is 5.91 Å². The summed E-state index contributed by atoms with van der Waals surface area (Å²) in [6, 6.07) is 0.236. The topological polar surface area (TPSA) is 55.1 Å². The molecule has 3 heteroatoms. The lowest BCUT2D eigenvalue weighted by Crippen LogP contribution is -2.48. The molecule has 1 rings (SSSR count). The van der Waals surface area contributed by atoms with Gasteiger partial charge >= 0.3 is 0 Å². The summed E-state index contributed by atoms with van der Waals surface area (Å²) in [4.78, 5) is 12.1. The average Bonchev–Trinajstić information content (AvgIpc) is 2.72. The summed E-state index contributed by atoms with van der Waals surface area (Å²) in [5.74, 6) is 0.594. The molecule has 1 aliphatic rings. The second kappa shape index (κ2) is 6.39. The smallest absolute Gasteiger partial charge is 0.220 e. The number of nitrogens with two attached hydrogens (primary N) is 1. The highest BCUT2D eigenvalue weighted by molar-refractivity contribution is 5.77. The molecule has 0 spiro atoms. The van der Waals surface area contributed by atoms with E-state index in [2.05, 4.69) is 26.1 Å². The number of amides is 1. The highest BCUT2D eigenvalue weighted by Crippen LogP contribution is 2.27. The first kappa shape index (κ1) is 14.5. The molecule has 1 aliphatic carbocycles. The molecule has 0 aromatic heterocycles. The minimum atomic E-state index is -0.000215. The van der Waals surface area contributed by atoms with Crippen LogP contribution in [0.25, 0.3) is 0 Å². The van der Waals surface area contributed by atoms with E-state index in [1.54, 1.807) is 0 Å². The molecule has 0 aromatic carbocycles. The van der Waals surface area contributed by atoms with E-state index in [0.717, 1.165) is 32.1 Å². The second-order valence-electron chi connectivity index (χ2n) is 5.45. The standard InChI is InChI=1S/C14H28N2O/c1-4-14(5-2,6-3)16-13(17)10-11-8-7-9-12(11)15/h11-12H,4-10,15H2,1-3H3,(H,16,17)/t11-,12+/m0/s1. The maximum absolute atomic E-state index is 12.1. The molecular weight excluding hydrogens is 212 g/mol. The fraction of sp³-hybridized carbons (Fsp3) is 0.929. The summed E-state index contributed by atoms with van der Waals surface area (Å²) < 4.78 is 0. The van der Waals surface area contributed by atoms with Crippen LogP contribution in [0.15, 0.2) is 0 Å². The van der Waals surface area contributed by atoms with Crippen LogP contribution < -0.4 is 11.1 Å². The molecule has 3 N–H and O–H groups in total. The predicted molar refractivity (Wildman–Crippen MR) is 71.7 cm³/mol.